The summed E-state index contributed by atoms with van der Waals surface area (Å²) in [5.74, 6) is 1.40. The van der Waals surface area contributed by atoms with Crippen molar-refractivity contribution in [3.63, 3.8) is 0 Å². The van der Waals surface area contributed by atoms with Gasteiger partial charge >= 0.3 is 0 Å². The summed E-state index contributed by atoms with van der Waals surface area (Å²) >= 11 is 0. The van der Waals surface area contributed by atoms with Crippen LogP contribution in [0.3, 0.4) is 0 Å². The fourth-order valence-corrected chi connectivity index (χ4v) is 6.13. The molecule has 2 saturated heterocycles. The molecule has 174 valence electrons. The lowest BCUT2D eigenvalue weighted by atomic mass is 9.85. The van der Waals surface area contributed by atoms with Crippen molar-refractivity contribution >= 4 is 26.5 Å². The summed E-state index contributed by atoms with van der Waals surface area (Å²) in [5.41, 5.74) is 2.60. The van der Waals surface area contributed by atoms with Crippen LogP contribution in [-0.4, -0.2) is 46.0 Å². The Kier molecular flexibility index (Phi) is 6.41. The van der Waals surface area contributed by atoms with E-state index < -0.39 is 10.0 Å². The second-order valence-electron chi connectivity index (χ2n) is 9.61. The van der Waals surface area contributed by atoms with E-state index in [-0.39, 0.29) is 4.90 Å². The van der Waals surface area contributed by atoms with Gasteiger partial charge in [0.1, 0.15) is 0 Å². The van der Waals surface area contributed by atoms with Crippen LogP contribution in [-0.2, 0) is 10.0 Å². The Morgan fingerprint density at radius 1 is 0.788 bits per heavy atom. The molecular formula is C27H33N3O2S. The molecule has 2 heterocycles. The van der Waals surface area contributed by atoms with Crippen LogP contribution in [0.4, 0.5) is 5.69 Å². The third kappa shape index (κ3) is 5.08. The van der Waals surface area contributed by atoms with Gasteiger partial charge in [0.15, 0.2) is 0 Å². The highest BCUT2D eigenvalue weighted by atomic mass is 32.2. The van der Waals surface area contributed by atoms with E-state index in [1.807, 2.05) is 12.1 Å². The fourth-order valence-electron chi connectivity index (χ4n) is 5.62. The number of hydrogen-bond acceptors (Lipinski definition) is 4. The second-order valence-corrected chi connectivity index (χ2v) is 11.2. The van der Waals surface area contributed by atoms with Crippen molar-refractivity contribution in [1.29, 1.82) is 0 Å². The van der Waals surface area contributed by atoms with Gasteiger partial charge in [-0.3, -0.25) is 0 Å². The smallest absolute Gasteiger partial charge is 0.238 e. The predicted molar refractivity (Wildman–Crippen MR) is 135 cm³/mol. The number of benzene rings is 3. The Morgan fingerprint density at radius 2 is 1.45 bits per heavy atom. The Balaban J connectivity index is 1.12. The first-order chi connectivity index (χ1) is 16.0. The summed E-state index contributed by atoms with van der Waals surface area (Å²) in [6.07, 6.45) is 4.84. The number of likely N-dealkylation sites (tertiary alicyclic amines) is 1. The summed E-state index contributed by atoms with van der Waals surface area (Å²) in [4.78, 5) is 5.20. The van der Waals surface area contributed by atoms with Crippen molar-refractivity contribution in [2.45, 2.75) is 36.5 Å². The molecule has 0 spiro atoms. The molecule has 2 N–H and O–H groups in total. The molecule has 5 rings (SSSR count). The minimum Gasteiger partial charge on any atom is -0.372 e. The first kappa shape index (κ1) is 22.4. The maximum atomic E-state index is 11.5. The van der Waals surface area contributed by atoms with Crippen LogP contribution in [0.5, 0.6) is 0 Å². The normalized spacial score (nSPS) is 19.2. The molecule has 5 nitrogen and oxygen atoms in total. The quantitative estimate of drug-likeness (QED) is 0.601. The van der Waals surface area contributed by atoms with Gasteiger partial charge in [0, 0.05) is 25.3 Å². The number of rotatable bonds is 5. The number of anilines is 1. The molecule has 0 radical (unpaired) electrons. The van der Waals surface area contributed by atoms with Crippen LogP contribution >= 0.6 is 0 Å². The molecule has 0 amide bonds. The monoisotopic (exact) mass is 463 g/mol. The summed E-state index contributed by atoms with van der Waals surface area (Å²) in [7, 11) is -3.63. The lowest BCUT2D eigenvalue weighted by Crippen LogP contribution is -2.41. The van der Waals surface area contributed by atoms with Crippen molar-refractivity contribution in [3.05, 3.63) is 72.3 Å². The van der Waals surface area contributed by atoms with Gasteiger partial charge < -0.3 is 9.80 Å². The highest BCUT2D eigenvalue weighted by Gasteiger charge is 2.26. The Labute approximate surface area is 197 Å². The van der Waals surface area contributed by atoms with Crippen molar-refractivity contribution in [2.24, 2.45) is 11.1 Å². The minimum atomic E-state index is -3.63. The molecule has 2 fully saturated rings. The molecule has 0 aromatic heterocycles. The van der Waals surface area contributed by atoms with Crippen LogP contribution in [0.25, 0.3) is 10.8 Å². The van der Waals surface area contributed by atoms with Crippen molar-refractivity contribution < 1.29 is 8.42 Å². The van der Waals surface area contributed by atoms with Crippen LogP contribution < -0.4 is 10.0 Å². The van der Waals surface area contributed by atoms with Crippen molar-refractivity contribution in [1.82, 2.24) is 4.90 Å². The molecule has 2 aliphatic heterocycles. The van der Waals surface area contributed by atoms with Crippen LogP contribution in [0.15, 0.2) is 71.6 Å². The Hall–Kier alpha value is -2.41. The number of primary sulfonamides is 1. The molecule has 2 aliphatic rings. The number of hydrogen-bond donors (Lipinski definition) is 1. The van der Waals surface area contributed by atoms with Gasteiger partial charge in [-0.05, 0) is 91.2 Å². The topological polar surface area (TPSA) is 66.6 Å². The zero-order valence-electron chi connectivity index (χ0n) is 19.1. The van der Waals surface area contributed by atoms with E-state index in [0.717, 1.165) is 24.7 Å². The van der Waals surface area contributed by atoms with Gasteiger partial charge in [-0.1, -0.05) is 42.5 Å². The number of nitrogens with zero attached hydrogens (tertiary/aromatic N) is 2. The summed E-state index contributed by atoms with van der Waals surface area (Å²) < 4.78 is 22.9. The van der Waals surface area contributed by atoms with Gasteiger partial charge in [-0.25, -0.2) is 13.6 Å². The highest BCUT2D eigenvalue weighted by Crippen LogP contribution is 2.34. The lowest BCUT2D eigenvalue weighted by Gasteiger charge is -2.38. The first-order valence-electron chi connectivity index (χ1n) is 12.1. The lowest BCUT2D eigenvalue weighted by molar-refractivity contribution is 0.171. The average molecular weight is 464 g/mol. The van der Waals surface area contributed by atoms with Gasteiger partial charge in [0.25, 0.3) is 0 Å². The van der Waals surface area contributed by atoms with E-state index in [1.165, 1.54) is 61.7 Å². The van der Waals surface area contributed by atoms with E-state index in [0.29, 0.717) is 5.92 Å². The number of nitrogens with two attached hydrogens (primary N) is 1. The van der Waals surface area contributed by atoms with E-state index >= 15 is 0 Å². The molecule has 0 unspecified atom stereocenters. The summed E-state index contributed by atoms with van der Waals surface area (Å²) in [5, 5.41) is 7.98. The molecular weight excluding hydrogens is 430 g/mol. The number of fused-ring (bicyclic) bond motifs is 1. The molecule has 33 heavy (non-hydrogen) atoms. The number of sulfonamides is 1. The maximum Gasteiger partial charge on any atom is 0.238 e. The van der Waals surface area contributed by atoms with E-state index in [2.05, 4.69) is 52.3 Å². The standard InChI is InChI=1S/C27H33N3O2S/c28-33(31,32)25-10-8-24(9-11-25)30-18-12-21(13-19-30)20-29-16-14-23(15-17-29)27-7-3-5-22-4-1-2-6-26(22)27/h1-11,21,23H,12-20H2,(H2,28,31,32). The Bertz CT molecular complexity index is 1190. The molecule has 6 heteroatoms. The highest BCUT2D eigenvalue weighted by molar-refractivity contribution is 7.89. The maximum absolute atomic E-state index is 11.5. The average Bonchev–Trinajstić information content (AvgIpc) is 2.84. The van der Waals surface area contributed by atoms with Gasteiger partial charge in [0.05, 0.1) is 4.90 Å². The Morgan fingerprint density at radius 3 is 2.15 bits per heavy atom. The van der Waals surface area contributed by atoms with Gasteiger partial charge in [0.2, 0.25) is 10.0 Å². The van der Waals surface area contributed by atoms with Crippen molar-refractivity contribution in [2.75, 3.05) is 37.6 Å². The van der Waals surface area contributed by atoms with Gasteiger partial charge in [-0.2, -0.15) is 0 Å². The van der Waals surface area contributed by atoms with Crippen LogP contribution in [0, 0.1) is 5.92 Å². The third-order valence-electron chi connectivity index (χ3n) is 7.51. The largest absolute Gasteiger partial charge is 0.372 e. The van der Waals surface area contributed by atoms with Crippen LogP contribution in [0.1, 0.15) is 37.2 Å². The van der Waals surface area contributed by atoms with E-state index in [9.17, 15) is 8.42 Å². The summed E-state index contributed by atoms with van der Waals surface area (Å²) in [6, 6.07) is 22.5. The SMILES string of the molecule is NS(=O)(=O)c1ccc(N2CCC(CN3CCC(c4cccc5ccccc45)CC3)CC2)cc1. The first-order valence-corrected chi connectivity index (χ1v) is 13.6. The molecule has 3 aromatic carbocycles. The van der Waals surface area contributed by atoms with Gasteiger partial charge in [-0.15, -0.1) is 0 Å². The molecule has 0 saturated carbocycles. The zero-order valence-corrected chi connectivity index (χ0v) is 19.9. The van der Waals surface area contributed by atoms with Crippen LogP contribution in [0.2, 0.25) is 0 Å². The van der Waals surface area contributed by atoms with E-state index in [4.69, 9.17) is 5.14 Å². The summed E-state index contributed by atoms with van der Waals surface area (Å²) in [6.45, 7) is 5.60. The fraction of sp³-hybridized carbons (Fsp3) is 0.407. The third-order valence-corrected chi connectivity index (χ3v) is 8.44. The van der Waals surface area contributed by atoms with Crippen molar-refractivity contribution in [3.8, 4) is 0 Å². The number of piperidine rings is 2. The predicted octanol–water partition coefficient (Wildman–Crippen LogP) is 4.58. The van der Waals surface area contributed by atoms with E-state index in [1.54, 1.807) is 12.1 Å². The zero-order chi connectivity index (χ0) is 22.8. The minimum absolute atomic E-state index is 0.174. The molecule has 3 aromatic rings. The second kappa shape index (κ2) is 9.45. The molecule has 0 aliphatic carbocycles. The molecule has 0 atom stereocenters. The molecule has 0 bridgehead atoms.